The van der Waals surface area contributed by atoms with Crippen molar-refractivity contribution >= 4 is 50.3 Å². The van der Waals surface area contributed by atoms with Crippen molar-refractivity contribution in [3.8, 4) is 0 Å². The van der Waals surface area contributed by atoms with E-state index >= 15 is 0 Å². The summed E-state index contributed by atoms with van der Waals surface area (Å²) in [6.07, 6.45) is 1.26. The molecule has 1 N–H and O–H groups in total. The Labute approximate surface area is 150 Å². The summed E-state index contributed by atoms with van der Waals surface area (Å²) < 4.78 is 1.26. The Morgan fingerprint density at radius 2 is 1.83 bits per heavy atom. The third-order valence-corrected chi connectivity index (χ3v) is 6.06. The summed E-state index contributed by atoms with van der Waals surface area (Å²) in [5.41, 5.74) is 4.53. The molecule has 3 aromatic rings. The Morgan fingerprint density at radius 3 is 2.46 bits per heavy atom. The monoisotopic (exact) mass is 379 g/mol. The summed E-state index contributed by atoms with van der Waals surface area (Å²) in [4.78, 5) is 14.3. The molecular weight excluding hydrogens is 366 g/mol. The number of hydrogen-bond acceptors (Lipinski definition) is 9. The van der Waals surface area contributed by atoms with Crippen LogP contribution in [0.5, 0.6) is 0 Å². The molecule has 0 atom stereocenters. The van der Waals surface area contributed by atoms with Crippen molar-refractivity contribution in [2.45, 2.75) is 29.5 Å². The molecule has 124 valence electrons. The minimum Gasteiger partial charge on any atom is -0.330 e. The number of benzene rings is 1. The highest BCUT2D eigenvalue weighted by Gasteiger charge is 2.15. The zero-order valence-electron chi connectivity index (χ0n) is 13.1. The lowest BCUT2D eigenvalue weighted by Crippen LogP contribution is -1.96. The molecule has 10 heteroatoms. The van der Waals surface area contributed by atoms with E-state index in [9.17, 15) is 10.1 Å². The number of aryl methyl sites for hydroxylation is 3. The summed E-state index contributed by atoms with van der Waals surface area (Å²) in [6, 6.07) is 4.22. The third-order valence-electron chi connectivity index (χ3n) is 3.14. The molecule has 0 fully saturated rings. The first-order chi connectivity index (χ1) is 11.4. The number of aromatic nitrogens is 3. The molecule has 2 aromatic heterocycles. The van der Waals surface area contributed by atoms with E-state index in [0.717, 1.165) is 28.2 Å². The molecule has 24 heavy (non-hydrogen) atoms. The molecule has 3 rings (SSSR count). The molecule has 0 unspecified atom stereocenters. The van der Waals surface area contributed by atoms with Crippen LogP contribution in [0.1, 0.15) is 16.7 Å². The average Bonchev–Trinajstić information content (AvgIpc) is 3.13. The van der Waals surface area contributed by atoms with E-state index in [1.165, 1.54) is 34.9 Å². The largest absolute Gasteiger partial charge is 0.344 e. The minimum atomic E-state index is -0.447. The van der Waals surface area contributed by atoms with Crippen molar-refractivity contribution in [1.29, 1.82) is 0 Å². The minimum absolute atomic E-state index is 0.0197. The number of hydrogen-bond donors (Lipinski definition) is 1. The maximum Gasteiger partial charge on any atom is 0.344 e. The summed E-state index contributed by atoms with van der Waals surface area (Å²) in [5.74, 6) is 0. The van der Waals surface area contributed by atoms with Gasteiger partial charge in [0, 0.05) is 5.69 Å². The van der Waals surface area contributed by atoms with E-state index in [1.807, 2.05) is 13.8 Å². The van der Waals surface area contributed by atoms with Gasteiger partial charge < -0.3 is 5.32 Å². The van der Waals surface area contributed by atoms with Gasteiger partial charge in [0.05, 0.1) is 4.92 Å². The number of thiazole rings is 1. The molecular formula is C14H13N5O2S3. The molecule has 0 radical (unpaired) electrons. The van der Waals surface area contributed by atoms with E-state index in [4.69, 9.17) is 0 Å². The van der Waals surface area contributed by atoms with Gasteiger partial charge in [-0.2, -0.15) is 0 Å². The highest BCUT2D eigenvalue weighted by atomic mass is 32.2. The fourth-order valence-electron chi connectivity index (χ4n) is 2.24. The van der Waals surface area contributed by atoms with Crippen LogP contribution in [0, 0.1) is 30.9 Å². The van der Waals surface area contributed by atoms with Gasteiger partial charge >= 0.3 is 5.00 Å². The Bertz CT molecular complexity index is 882. The van der Waals surface area contributed by atoms with Crippen LogP contribution in [-0.4, -0.2) is 20.1 Å². The predicted octanol–water partition coefficient (Wildman–Crippen LogP) is 4.72. The number of nitro groups is 1. The molecule has 7 nitrogen and oxygen atoms in total. The normalized spacial score (nSPS) is 10.8. The first-order valence-corrected chi connectivity index (χ1v) is 9.34. The van der Waals surface area contributed by atoms with E-state index < -0.39 is 4.92 Å². The lowest BCUT2D eigenvalue weighted by atomic mass is 10.1. The first-order valence-electron chi connectivity index (χ1n) is 6.89. The van der Waals surface area contributed by atoms with Gasteiger partial charge in [-0.25, -0.2) is 4.98 Å². The van der Waals surface area contributed by atoms with Crippen molar-refractivity contribution in [3.63, 3.8) is 0 Å². The highest BCUT2D eigenvalue weighted by molar-refractivity contribution is 8.02. The van der Waals surface area contributed by atoms with E-state index in [1.54, 1.807) is 0 Å². The molecule has 0 spiro atoms. The van der Waals surface area contributed by atoms with Crippen molar-refractivity contribution in [2.24, 2.45) is 0 Å². The molecule has 2 heterocycles. The molecule has 0 saturated carbocycles. The lowest BCUT2D eigenvalue weighted by molar-refractivity contribution is -0.380. The van der Waals surface area contributed by atoms with Crippen LogP contribution in [0.25, 0.3) is 0 Å². The SMILES string of the molecule is Cc1cc(C)c(Nc2nnc(Sc3ncc([N+](=O)[O-])s3)s2)c(C)c1. The topological polar surface area (TPSA) is 93.8 Å². The van der Waals surface area contributed by atoms with Crippen LogP contribution in [0.2, 0.25) is 0 Å². The van der Waals surface area contributed by atoms with Crippen LogP contribution in [0.3, 0.4) is 0 Å². The van der Waals surface area contributed by atoms with Gasteiger partial charge in [0.2, 0.25) is 5.13 Å². The van der Waals surface area contributed by atoms with Crippen molar-refractivity contribution in [1.82, 2.24) is 15.2 Å². The Hall–Kier alpha value is -2.04. The quantitative estimate of drug-likeness (QED) is 0.506. The number of anilines is 2. The van der Waals surface area contributed by atoms with E-state index in [0.29, 0.717) is 13.8 Å². The van der Waals surface area contributed by atoms with Gasteiger partial charge in [0.25, 0.3) is 0 Å². The fourth-order valence-corrected chi connectivity index (χ4v) is 4.98. The molecule has 0 aliphatic carbocycles. The van der Waals surface area contributed by atoms with Gasteiger partial charge in [-0.1, -0.05) is 29.0 Å². The zero-order valence-corrected chi connectivity index (χ0v) is 15.5. The molecule has 0 saturated heterocycles. The lowest BCUT2D eigenvalue weighted by Gasteiger charge is -2.11. The zero-order chi connectivity index (χ0) is 17.3. The number of nitrogens with zero attached hydrogens (tertiary/aromatic N) is 4. The average molecular weight is 379 g/mol. The summed E-state index contributed by atoms with van der Waals surface area (Å²) >= 11 is 3.69. The fraction of sp³-hybridized carbons (Fsp3) is 0.214. The van der Waals surface area contributed by atoms with Gasteiger partial charge in [-0.15, -0.1) is 10.2 Å². The Morgan fingerprint density at radius 1 is 1.12 bits per heavy atom. The molecule has 0 amide bonds. The van der Waals surface area contributed by atoms with Crippen LogP contribution in [0.15, 0.2) is 27.0 Å². The van der Waals surface area contributed by atoms with E-state index in [2.05, 4.69) is 39.6 Å². The van der Waals surface area contributed by atoms with Crippen LogP contribution >= 0.6 is 34.4 Å². The maximum atomic E-state index is 10.7. The highest BCUT2D eigenvalue weighted by Crippen LogP contribution is 2.37. The van der Waals surface area contributed by atoms with Crippen molar-refractivity contribution < 1.29 is 4.92 Å². The Kier molecular flexibility index (Phi) is 4.78. The number of nitrogens with one attached hydrogen (secondary N) is 1. The Balaban J connectivity index is 1.75. The van der Waals surface area contributed by atoms with Gasteiger partial charge in [-0.3, -0.25) is 10.1 Å². The van der Waals surface area contributed by atoms with Crippen molar-refractivity contribution in [2.75, 3.05) is 5.32 Å². The van der Waals surface area contributed by atoms with Crippen molar-refractivity contribution in [3.05, 3.63) is 45.1 Å². The maximum absolute atomic E-state index is 10.7. The second-order valence-electron chi connectivity index (χ2n) is 5.10. The first kappa shape index (κ1) is 16.8. The summed E-state index contributed by atoms with van der Waals surface area (Å²) in [7, 11) is 0. The molecule has 0 bridgehead atoms. The third kappa shape index (κ3) is 3.71. The second-order valence-corrected chi connectivity index (χ2v) is 8.58. The van der Waals surface area contributed by atoms with Gasteiger partial charge in [0.1, 0.15) is 6.20 Å². The molecule has 1 aromatic carbocycles. The smallest absolute Gasteiger partial charge is 0.330 e. The summed E-state index contributed by atoms with van der Waals surface area (Å²) in [5, 5.41) is 22.9. The summed E-state index contributed by atoms with van der Waals surface area (Å²) in [6.45, 7) is 6.16. The molecule has 0 aliphatic heterocycles. The second kappa shape index (κ2) is 6.83. The molecule has 0 aliphatic rings. The van der Waals surface area contributed by atoms with E-state index in [-0.39, 0.29) is 5.00 Å². The van der Waals surface area contributed by atoms with Gasteiger partial charge in [0.15, 0.2) is 8.68 Å². The van der Waals surface area contributed by atoms with Crippen LogP contribution in [-0.2, 0) is 0 Å². The van der Waals surface area contributed by atoms with Crippen LogP contribution < -0.4 is 5.32 Å². The predicted molar refractivity (Wildman–Crippen MR) is 96.7 cm³/mol. The standard InChI is InChI=1S/C14H13N5O2S3/c1-7-4-8(2)11(9(3)5-7)16-12-17-18-14(23-12)24-13-15-6-10(22-13)19(20)21/h4-6H,1-3H3,(H,16,17). The number of rotatable bonds is 5. The van der Waals surface area contributed by atoms with Gasteiger partial charge in [-0.05, 0) is 55.0 Å². The van der Waals surface area contributed by atoms with Crippen LogP contribution in [0.4, 0.5) is 15.8 Å².